The lowest BCUT2D eigenvalue weighted by molar-refractivity contribution is -0.130. The van der Waals surface area contributed by atoms with Crippen LogP contribution in [0.5, 0.6) is 0 Å². The molecule has 3 amide bonds. The van der Waals surface area contributed by atoms with E-state index in [1.165, 1.54) is 0 Å². The largest absolute Gasteiger partial charge is 0.325 e. The average Bonchev–Trinajstić information content (AvgIpc) is 2.82. The number of nitrogens with one attached hydrogen (secondary N) is 1. The minimum Gasteiger partial charge on any atom is -0.319 e. The molecule has 1 N–H and O–H groups in total. The number of amides is 3. The van der Waals surface area contributed by atoms with E-state index in [4.69, 9.17) is 11.6 Å². The molecule has 0 saturated carbocycles. The molecule has 0 bridgehead atoms. The van der Waals surface area contributed by atoms with E-state index in [1.54, 1.807) is 43.3 Å². The van der Waals surface area contributed by atoms with Gasteiger partial charge < -0.3 is 5.32 Å². The summed E-state index contributed by atoms with van der Waals surface area (Å²) in [5.41, 5.74) is 1.94. The van der Waals surface area contributed by atoms with Gasteiger partial charge >= 0.3 is 6.03 Å². The third-order valence-corrected chi connectivity index (χ3v) is 5.08. The molecule has 6 heteroatoms. The van der Waals surface area contributed by atoms with Gasteiger partial charge in [0, 0.05) is 10.6 Å². The van der Waals surface area contributed by atoms with Crippen molar-refractivity contribution < 1.29 is 14.4 Å². The smallest absolute Gasteiger partial charge is 0.319 e. The Morgan fingerprint density at radius 3 is 2.35 bits per heavy atom. The average molecular weight is 371 g/mol. The molecule has 5 nitrogen and oxygen atoms in total. The maximum absolute atomic E-state index is 12.9. The number of hydrogen-bond acceptors (Lipinski definition) is 3. The molecule has 2 aromatic carbocycles. The lowest BCUT2D eigenvalue weighted by Crippen LogP contribution is -2.41. The number of urea groups is 1. The zero-order chi connectivity index (χ0) is 19.1. The number of imide groups is 1. The molecule has 0 aliphatic carbocycles. The highest BCUT2D eigenvalue weighted by Gasteiger charge is 2.49. The zero-order valence-electron chi connectivity index (χ0n) is 14.8. The number of hydrogen-bond donors (Lipinski definition) is 1. The predicted octanol–water partition coefficient (Wildman–Crippen LogP) is 3.61. The Bertz CT molecular complexity index is 908. The van der Waals surface area contributed by atoms with Gasteiger partial charge in [-0.15, -0.1) is 0 Å². The Labute approximate surface area is 156 Å². The number of benzene rings is 2. The van der Waals surface area contributed by atoms with Gasteiger partial charge in [0.05, 0.1) is 6.54 Å². The summed E-state index contributed by atoms with van der Waals surface area (Å²) in [7, 11) is 0. The van der Waals surface area contributed by atoms with E-state index in [1.807, 2.05) is 19.9 Å². The first-order valence-electron chi connectivity index (χ1n) is 8.23. The molecule has 0 aromatic heterocycles. The summed E-state index contributed by atoms with van der Waals surface area (Å²) in [5, 5.41) is 3.22. The molecule has 0 radical (unpaired) electrons. The lowest BCUT2D eigenvalue weighted by atomic mass is 9.92. The maximum Gasteiger partial charge on any atom is 0.325 e. The summed E-state index contributed by atoms with van der Waals surface area (Å²) < 4.78 is 0. The van der Waals surface area contributed by atoms with E-state index in [9.17, 15) is 14.4 Å². The van der Waals surface area contributed by atoms with Crippen molar-refractivity contribution in [3.05, 3.63) is 69.7 Å². The summed E-state index contributed by atoms with van der Waals surface area (Å²) in [6.45, 7) is 5.20. The summed E-state index contributed by atoms with van der Waals surface area (Å²) in [6.07, 6.45) is 0. The van der Waals surface area contributed by atoms with Crippen molar-refractivity contribution in [3.63, 3.8) is 0 Å². The Morgan fingerprint density at radius 2 is 1.73 bits per heavy atom. The van der Waals surface area contributed by atoms with Gasteiger partial charge in [-0.3, -0.25) is 14.5 Å². The molecule has 134 valence electrons. The molecular formula is C20H19ClN2O3. The van der Waals surface area contributed by atoms with Crippen LogP contribution in [0.4, 0.5) is 4.79 Å². The lowest BCUT2D eigenvalue weighted by Gasteiger charge is -2.22. The fourth-order valence-corrected chi connectivity index (χ4v) is 3.10. The molecule has 1 atom stereocenters. The normalized spacial score (nSPS) is 19.6. The molecular weight excluding hydrogens is 352 g/mol. The third-order valence-electron chi connectivity index (χ3n) is 4.83. The highest BCUT2D eigenvalue weighted by atomic mass is 35.5. The monoisotopic (exact) mass is 370 g/mol. The molecule has 1 unspecified atom stereocenters. The van der Waals surface area contributed by atoms with Gasteiger partial charge in [-0.05, 0) is 55.7 Å². The van der Waals surface area contributed by atoms with Gasteiger partial charge in [0.1, 0.15) is 5.54 Å². The second-order valence-electron chi connectivity index (χ2n) is 6.68. The Balaban J connectivity index is 1.84. The number of rotatable bonds is 4. The Kier molecular flexibility index (Phi) is 4.59. The number of aryl methyl sites for hydroxylation is 2. The summed E-state index contributed by atoms with van der Waals surface area (Å²) in [4.78, 5) is 38.7. The summed E-state index contributed by atoms with van der Waals surface area (Å²) >= 11 is 5.89. The van der Waals surface area contributed by atoms with Crippen LogP contribution in [0.1, 0.15) is 34.0 Å². The maximum atomic E-state index is 12.9. The van der Waals surface area contributed by atoms with Crippen molar-refractivity contribution >= 4 is 29.3 Å². The minimum absolute atomic E-state index is 0.281. The van der Waals surface area contributed by atoms with Crippen molar-refractivity contribution in [3.8, 4) is 0 Å². The standard InChI is InChI=1S/C20H19ClN2O3/c1-12-4-5-14(10-13(12)2)17(24)11-23-18(25)20(3,22-19(23)26)15-6-8-16(21)9-7-15/h4-10H,11H2,1-3H3,(H,22,26). The number of carbonyl (C=O) groups is 3. The SMILES string of the molecule is Cc1ccc(C(=O)CN2C(=O)NC(C)(c3ccc(Cl)cc3)C2=O)cc1C. The Hall–Kier alpha value is -2.66. The van der Waals surface area contributed by atoms with Crippen LogP contribution >= 0.6 is 11.6 Å². The number of carbonyl (C=O) groups excluding carboxylic acids is 3. The van der Waals surface area contributed by atoms with Gasteiger partial charge in [0.25, 0.3) is 5.91 Å². The van der Waals surface area contributed by atoms with Crippen LogP contribution in [0.25, 0.3) is 0 Å². The van der Waals surface area contributed by atoms with E-state index in [0.717, 1.165) is 16.0 Å². The number of halogens is 1. The van der Waals surface area contributed by atoms with Crippen molar-refractivity contribution in [1.82, 2.24) is 10.2 Å². The van der Waals surface area contributed by atoms with Gasteiger partial charge in [-0.25, -0.2) is 4.79 Å². The van der Waals surface area contributed by atoms with E-state index in [0.29, 0.717) is 16.1 Å². The fourth-order valence-electron chi connectivity index (χ4n) is 2.97. The number of Topliss-reactive ketones (excluding diaryl/α,β-unsaturated/α-hetero) is 1. The van der Waals surface area contributed by atoms with Crippen LogP contribution in [-0.2, 0) is 10.3 Å². The molecule has 2 aromatic rings. The number of nitrogens with zero attached hydrogens (tertiary/aromatic N) is 1. The first-order valence-corrected chi connectivity index (χ1v) is 8.61. The van der Waals surface area contributed by atoms with Crippen LogP contribution in [-0.4, -0.2) is 29.2 Å². The van der Waals surface area contributed by atoms with Crippen LogP contribution in [0.15, 0.2) is 42.5 Å². The van der Waals surface area contributed by atoms with Crippen LogP contribution in [0.3, 0.4) is 0 Å². The molecule has 1 aliphatic rings. The van der Waals surface area contributed by atoms with E-state index in [2.05, 4.69) is 5.32 Å². The molecule has 1 fully saturated rings. The van der Waals surface area contributed by atoms with Gasteiger partial charge in [0.2, 0.25) is 0 Å². The third kappa shape index (κ3) is 3.10. The van der Waals surface area contributed by atoms with Gasteiger partial charge in [0.15, 0.2) is 5.78 Å². The van der Waals surface area contributed by atoms with Gasteiger partial charge in [-0.2, -0.15) is 0 Å². The molecule has 0 spiro atoms. The van der Waals surface area contributed by atoms with Crippen LogP contribution in [0.2, 0.25) is 5.02 Å². The summed E-state index contributed by atoms with van der Waals surface area (Å²) in [5.74, 6) is -0.737. The molecule has 1 aliphatic heterocycles. The molecule has 26 heavy (non-hydrogen) atoms. The highest BCUT2D eigenvalue weighted by Crippen LogP contribution is 2.29. The quantitative estimate of drug-likeness (QED) is 0.660. The molecule has 1 saturated heterocycles. The predicted molar refractivity (Wildman–Crippen MR) is 99.3 cm³/mol. The second kappa shape index (κ2) is 6.57. The van der Waals surface area contributed by atoms with Crippen molar-refractivity contribution in [2.75, 3.05) is 6.54 Å². The highest BCUT2D eigenvalue weighted by molar-refractivity contribution is 6.30. The topological polar surface area (TPSA) is 66.5 Å². The minimum atomic E-state index is -1.22. The van der Waals surface area contributed by atoms with E-state index < -0.39 is 17.5 Å². The fraction of sp³-hybridized carbons (Fsp3) is 0.250. The van der Waals surface area contributed by atoms with Crippen molar-refractivity contribution in [1.29, 1.82) is 0 Å². The Morgan fingerprint density at radius 1 is 1.08 bits per heavy atom. The first-order chi connectivity index (χ1) is 12.2. The van der Waals surface area contributed by atoms with Crippen molar-refractivity contribution in [2.24, 2.45) is 0 Å². The van der Waals surface area contributed by atoms with Crippen LogP contribution < -0.4 is 5.32 Å². The van der Waals surface area contributed by atoms with Crippen LogP contribution in [0, 0.1) is 13.8 Å². The first kappa shape index (κ1) is 18.1. The second-order valence-corrected chi connectivity index (χ2v) is 7.11. The molecule has 1 heterocycles. The number of ketones is 1. The van der Waals surface area contributed by atoms with Gasteiger partial charge in [-0.1, -0.05) is 35.9 Å². The van der Waals surface area contributed by atoms with E-state index >= 15 is 0 Å². The van der Waals surface area contributed by atoms with Crippen molar-refractivity contribution in [2.45, 2.75) is 26.3 Å². The zero-order valence-corrected chi connectivity index (χ0v) is 15.6. The summed E-state index contributed by atoms with van der Waals surface area (Å²) in [6, 6.07) is 11.5. The van der Waals surface area contributed by atoms with E-state index in [-0.39, 0.29) is 12.3 Å². The molecule has 3 rings (SSSR count).